The molecule has 1 N–H and O–H groups in total. The molecule has 40 heavy (non-hydrogen) atoms. The molecule has 4 amide bonds. The Morgan fingerprint density at radius 3 is 2.25 bits per heavy atom. The zero-order valence-corrected chi connectivity index (χ0v) is 22.7. The fraction of sp³-hybridized carbons (Fsp3) is 0.452. The van der Waals surface area contributed by atoms with Gasteiger partial charge in [-0.3, -0.25) is 34.2 Å². The van der Waals surface area contributed by atoms with Crippen molar-refractivity contribution < 1.29 is 33.4 Å². The fourth-order valence-corrected chi connectivity index (χ4v) is 5.03. The van der Waals surface area contributed by atoms with E-state index in [-0.39, 0.29) is 29.9 Å². The average molecular weight is 549 g/mol. The van der Waals surface area contributed by atoms with Crippen molar-refractivity contribution >= 4 is 29.6 Å². The molecule has 2 heterocycles. The van der Waals surface area contributed by atoms with Crippen LogP contribution < -0.4 is 10.1 Å². The zero-order valence-electron chi connectivity index (χ0n) is 22.7. The standard InChI is InChI=1S/C31H36N2O7/c34-26-19-18-24(29(36)32-26)33-30(37)23-15-12-16-25(28(23)31(33)38)39-20-11-6-4-2-1-3-5-10-17-27(35)40-21-22-13-8-7-9-14-22/h7-9,12-16,24H,1-6,10-11,17-21H2,(H,32,34,36). The van der Waals surface area contributed by atoms with E-state index in [4.69, 9.17) is 9.47 Å². The summed E-state index contributed by atoms with van der Waals surface area (Å²) < 4.78 is 11.2. The smallest absolute Gasteiger partial charge is 0.306 e. The van der Waals surface area contributed by atoms with E-state index in [9.17, 15) is 24.0 Å². The lowest BCUT2D eigenvalue weighted by atomic mass is 10.0. The molecule has 1 unspecified atom stereocenters. The normalized spacial score (nSPS) is 16.6. The number of nitrogens with one attached hydrogen (secondary N) is 1. The van der Waals surface area contributed by atoms with Crippen molar-refractivity contribution in [3.63, 3.8) is 0 Å². The number of esters is 1. The van der Waals surface area contributed by atoms with Crippen LogP contribution in [0.1, 0.15) is 96.9 Å². The molecular weight excluding hydrogens is 512 g/mol. The summed E-state index contributed by atoms with van der Waals surface area (Å²) in [6.07, 6.45) is 8.65. The maximum absolute atomic E-state index is 13.1. The van der Waals surface area contributed by atoms with Crippen LogP contribution in [0.4, 0.5) is 0 Å². The Bertz CT molecular complexity index is 1230. The van der Waals surface area contributed by atoms with Crippen molar-refractivity contribution in [1.82, 2.24) is 10.2 Å². The van der Waals surface area contributed by atoms with Crippen LogP contribution in [0.2, 0.25) is 0 Å². The van der Waals surface area contributed by atoms with Crippen LogP contribution >= 0.6 is 0 Å². The molecule has 0 aliphatic carbocycles. The van der Waals surface area contributed by atoms with E-state index in [0.29, 0.717) is 25.4 Å². The minimum absolute atomic E-state index is 0.0804. The van der Waals surface area contributed by atoms with Gasteiger partial charge in [0.2, 0.25) is 11.8 Å². The number of hydrogen-bond donors (Lipinski definition) is 1. The first kappa shape index (κ1) is 29.0. The summed E-state index contributed by atoms with van der Waals surface area (Å²) in [4.78, 5) is 62.5. The number of benzene rings is 2. The highest BCUT2D eigenvalue weighted by Gasteiger charge is 2.45. The Morgan fingerprint density at radius 1 is 0.825 bits per heavy atom. The first-order valence-corrected chi connectivity index (χ1v) is 14.1. The Balaban J connectivity index is 1.08. The minimum atomic E-state index is -0.994. The van der Waals surface area contributed by atoms with Crippen molar-refractivity contribution in [2.24, 2.45) is 0 Å². The number of hydrogen-bond acceptors (Lipinski definition) is 7. The second-order valence-corrected chi connectivity index (χ2v) is 10.2. The molecule has 0 spiro atoms. The molecule has 0 aromatic heterocycles. The summed E-state index contributed by atoms with van der Waals surface area (Å²) in [5.41, 5.74) is 1.40. The minimum Gasteiger partial charge on any atom is -0.493 e. The lowest BCUT2D eigenvalue weighted by Crippen LogP contribution is -2.54. The van der Waals surface area contributed by atoms with Gasteiger partial charge in [0.1, 0.15) is 18.4 Å². The zero-order chi connectivity index (χ0) is 28.3. The van der Waals surface area contributed by atoms with E-state index in [0.717, 1.165) is 61.8 Å². The SMILES string of the molecule is O=C1CCC(N2C(=O)c3cccc(OCCCCCCCCCCC(=O)OCc4ccccc4)c3C2=O)C(=O)N1. The van der Waals surface area contributed by atoms with Crippen LogP contribution in [-0.2, 0) is 25.7 Å². The Morgan fingerprint density at radius 2 is 1.52 bits per heavy atom. The van der Waals surface area contributed by atoms with Gasteiger partial charge in [-0.2, -0.15) is 0 Å². The monoisotopic (exact) mass is 548 g/mol. The number of piperidine rings is 1. The number of imide groups is 2. The number of rotatable bonds is 15. The fourth-order valence-electron chi connectivity index (χ4n) is 5.03. The first-order chi connectivity index (χ1) is 19.5. The lowest BCUT2D eigenvalue weighted by molar-refractivity contribution is -0.145. The van der Waals surface area contributed by atoms with Crippen LogP contribution in [0.5, 0.6) is 5.75 Å². The highest BCUT2D eigenvalue weighted by atomic mass is 16.5. The highest BCUT2D eigenvalue weighted by Crippen LogP contribution is 2.33. The van der Waals surface area contributed by atoms with E-state index >= 15 is 0 Å². The second-order valence-electron chi connectivity index (χ2n) is 10.2. The van der Waals surface area contributed by atoms with Gasteiger partial charge in [0.15, 0.2) is 0 Å². The van der Waals surface area contributed by atoms with Gasteiger partial charge < -0.3 is 9.47 Å². The number of nitrogens with zero attached hydrogens (tertiary/aromatic N) is 1. The molecule has 2 aromatic carbocycles. The predicted octanol–water partition coefficient (Wildman–Crippen LogP) is 4.72. The molecule has 2 aliphatic rings. The number of carbonyl (C=O) groups is 5. The number of ether oxygens (including phenoxy) is 2. The Kier molecular flexibility index (Phi) is 10.4. The van der Waals surface area contributed by atoms with Gasteiger partial charge in [0.25, 0.3) is 11.8 Å². The van der Waals surface area contributed by atoms with E-state index in [1.165, 1.54) is 0 Å². The molecule has 2 aliphatic heterocycles. The highest BCUT2D eigenvalue weighted by molar-refractivity contribution is 6.24. The second kappa shape index (κ2) is 14.4. The van der Waals surface area contributed by atoms with Crippen molar-refractivity contribution in [2.75, 3.05) is 6.61 Å². The Hall–Kier alpha value is -4.01. The van der Waals surface area contributed by atoms with Crippen molar-refractivity contribution in [1.29, 1.82) is 0 Å². The summed E-state index contributed by atoms with van der Waals surface area (Å²) >= 11 is 0. The number of fused-ring (bicyclic) bond motifs is 1. The summed E-state index contributed by atoms with van der Waals surface area (Å²) in [7, 11) is 0. The molecule has 9 heteroatoms. The summed E-state index contributed by atoms with van der Waals surface area (Å²) in [5.74, 6) is -1.94. The van der Waals surface area contributed by atoms with Crippen molar-refractivity contribution in [2.45, 2.75) is 83.3 Å². The number of carbonyl (C=O) groups excluding carboxylic acids is 5. The van der Waals surface area contributed by atoms with Gasteiger partial charge in [-0.1, -0.05) is 74.9 Å². The third kappa shape index (κ3) is 7.55. The lowest BCUT2D eigenvalue weighted by Gasteiger charge is -2.27. The van der Waals surface area contributed by atoms with Crippen LogP contribution in [0.25, 0.3) is 0 Å². The third-order valence-corrected chi connectivity index (χ3v) is 7.21. The van der Waals surface area contributed by atoms with Crippen LogP contribution in [0.15, 0.2) is 48.5 Å². The van der Waals surface area contributed by atoms with Crippen LogP contribution in [-0.4, -0.2) is 47.1 Å². The largest absolute Gasteiger partial charge is 0.493 e. The van der Waals surface area contributed by atoms with Crippen LogP contribution in [0, 0.1) is 0 Å². The quantitative estimate of drug-likeness (QED) is 0.194. The molecule has 212 valence electrons. The maximum atomic E-state index is 13.1. The molecule has 1 fully saturated rings. The number of amides is 4. The van der Waals surface area contributed by atoms with E-state index in [1.807, 2.05) is 30.3 Å². The summed E-state index contributed by atoms with van der Waals surface area (Å²) in [5, 5.41) is 2.20. The first-order valence-electron chi connectivity index (χ1n) is 14.1. The summed E-state index contributed by atoms with van der Waals surface area (Å²) in [6, 6.07) is 13.6. The summed E-state index contributed by atoms with van der Waals surface area (Å²) in [6.45, 7) is 0.743. The van der Waals surface area contributed by atoms with Gasteiger partial charge >= 0.3 is 5.97 Å². The topological polar surface area (TPSA) is 119 Å². The average Bonchev–Trinajstić information content (AvgIpc) is 3.21. The van der Waals surface area contributed by atoms with Gasteiger partial charge in [-0.05, 0) is 37.0 Å². The van der Waals surface area contributed by atoms with E-state index in [1.54, 1.807) is 18.2 Å². The Labute approximate surface area is 234 Å². The van der Waals surface area contributed by atoms with Crippen molar-refractivity contribution in [3.8, 4) is 5.75 Å². The molecule has 1 saturated heterocycles. The van der Waals surface area contributed by atoms with E-state index < -0.39 is 29.7 Å². The van der Waals surface area contributed by atoms with Gasteiger partial charge in [0, 0.05) is 12.8 Å². The van der Waals surface area contributed by atoms with Gasteiger partial charge in [-0.15, -0.1) is 0 Å². The van der Waals surface area contributed by atoms with Crippen molar-refractivity contribution in [3.05, 3.63) is 65.2 Å². The number of unbranched alkanes of at least 4 members (excludes halogenated alkanes) is 7. The molecule has 1 atom stereocenters. The van der Waals surface area contributed by atoms with E-state index in [2.05, 4.69) is 5.32 Å². The van der Waals surface area contributed by atoms with Crippen LogP contribution in [0.3, 0.4) is 0 Å². The van der Waals surface area contributed by atoms with Gasteiger partial charge in [-0.25, -0.2) is 0 Å². The molecule has 4 rings (SSSR count). The molecule has 2 aromatic rings. The molecule has 0 saturated carbocycles. The maximum Gasteiger partial charge on any atom is 0.306 e. The third-order valence-electron chi connectivity index (χ3n) is 7.21. The molecule has 9 nitrogen and oxygen atoms in total. The molecular formula is C31H36N2O7. The predicted molar refractivity (Wildman–Crippen MR) is 146 cm³/mol. The molecule has 0 bridgehead atoms. The van der Waals surface area contributed by atoms with Gasteiger partial charge in [0.05, 0.1) is 17.7 Å². The molecule has 0 radical (unpaired) electrons.